The Morgan fingerprint density at radius 1 is 1.24 bits per heavy atom. The monoisotopic (exact) mass is 290 g/mol. The standard InChI is InChI=1S/C18H26O3/c1-14-9-10-15(19)18(13-14,21-20-16(2,3)4)17(5)11-7-6-8-12-17/h7,9-11,13H,6,8,12H2,1-5H3. The van der Waals surface area contributed by atoms with Crippen molar-refractivity contribution in [1.29, 1.82) is 0 Å². The fourth-order valence-corrected chi connectivity index (χ4v) is 2.89. The van der Waals surface area contributed by atoms with Gasteiger partial charge in [0.25, 0.3) is 0 Å². The lowest BCUT2D eigenvalue weighted by Crippen LogP contribution is -2.54. The molecule has 0 fully saturated rings. The van der Waals surface area contributed by atoms with Gasteiger partial charge in [-0.1, -0.05) is 30.7 Å². The SMILES string of the molecule is CC1=CC(OOC(C)(C)C)(C2(C)C=CCCC2)C(=O)C=C1. The number of allylic oxidation sites excluding steroid dienone is 3. The highest BCUT2D eigenvalue weighted by Gasteiger charge is 2.54. The van der Waals surface area contributed by atoms with E-state index in [1.165, 1.54) is 0 Å². The van der Waals surface area contributed by atoms with Gasteiger partial charge in [0.05, 0.1) is 5.60 Å². The predicted molar refractivity (Wildman–Crippen MR) is 83.7 cm³/mol. The van der Waals surface area contributed by atoms with Crippen LogP contribution in [0.2, 0.25) is 0 Å². The molecule has 116 valence electrons. The molecule has 0 saturated carbocycles. The van der Waals surface area contributed by atoms with E-state index < -0.39 is 11.2 Å². The van der Waals surface area contributed by atoms with Gasteiger partial charge in [0.15, 0.2) is 11.4 Å². The number of hydrogen-bond acceptors (Lipinski definition) is 3. The Morgan fingerprint density at radius 3 is 2.52 bits per heavy atom. The van der Waals surface area contributed by atoms with E-state index in [1.54, 1.807) is 6.08 Å². The van der Waals surface area contributed by atoms with Crippen LogP contribution >= 0.6 is 0 Å². The van der Waals surface area contributed by atoms with Crippen LogP contribution in [0.25, 0.3) is 0 Å². The molecule has 21 heavy (non-hydrogen) atoms. The van der Waals surface area contributed by atoms with Crippen molar-refractivity contribution in [3.63, 3.8) is 0 Å². The first-order valence-corrected chi connectivity index (χ1v) is 7.65. The van der Waals surface area contributed by atoms with Gasteiger partial charge in [-0.3, -0.25) is 4.79 Å². The summed E-state index contributed by atoms with van der Waals surface area (Å²) in [6.45, 7) is 9.81. The van der Waals surface area contributed by atoms with Gasteiger partial charge in [0.1, 0.15) is 0 Å². The Hall–Kier alpha value is -1.19. The maximum Gasteiger partial charge on any atom is 0.195 e. The first-order valence-electron chi connectivity index (χ1n) is 7.65. The third-order valence-corrected chi connectivity index (χ3v) is 4.12. The van der Waals surface area contributed by atoms with Gasteiger partial charge in [-0.05, 0) is 59.1 Å². The van der Waals surface area contributed by atoms with Gasteiger partial charge in [-0.25, -0.2) is 9.78 Å². The Balaban J connectivity index is 2.44. The molecule has 3 nitrogen and oxygen atoms in total. The molecule has 2 aliphatic carbocycles. The number of hydrogen-bond donors (Lipinski definition) is 0. The van der Waals surface area contributed by atoms with Crippen LogP contribution in [0.4, 0.5) is 0 Å². The van der Waals surface area contributed by atoms with Crippen LogP contribution < -0.4 is 0 Å². The molecule has 0 aromatic rings. The van der Waals surface area contributed by atoms with Crippen molar-refractivity contribution >= 4 is 5.78 Å². The minimum atomic E-state index is -1.07. The highest BCUT2D eigenvalue weighted by molar-refractivity contribution is 6.01. The number of carbonyl (C=O) groups is 1. The maximum absolute atomic E-state index is 12.7. The molecule has 0 saturated heterocycles. The molecule has 0 N–H and O–H groups in total. The Kier molecular flexibility index (Phi) is 4.27. The first kappa shape index (κ1) is 16.2. The lowest BCUT2D eigenvalue weighted by Gasteiger charge is -2.45. The van der Waals surface area contributed by atoms with E-state index in [-0.39, 0.29) is 11.2 Å². The van der Waals surface area contributed by atoms with Gasteiger partial charge >= 0.3 is 0 Å². The van der Waals surface area contributed by atoms with Crippen molar-refractivity contribution in [2.45, 2.75) is 65.1 Å². The van der Waals surface area contributed by atoms with Crippen LogP contribution in [0.5, 0.6) is 0 Å². The zero-order valence-corrected chi connectivity index (χ0v) is 13.7. The van der Waals surface area contributed by atoms with Gasteiger partial charge in [0, 0.05) is 5.41 Å². The molecule has 3 heteroatoms. The van der Waals surface area contributed by atoms with Crippen molar-refractivity contribution in [1.82, 2.24) is 0 Å². The summed E-state index contributed by atoms with van der Waals surface area (Å²) in [5.41, 5.74) is -0.909. The second kappa shape index (κ2) is 5.54. The molecular weight excluding hydrogens is 264 g/mol. The lowest BCUT2D eigenvalue weighted by molar-refractivity contribution is -0.396. The van der Waals surface area contributed by atoms with E-state index in [1.807, 2.05) is 39.8 Å². The van der Waals surface area contributed by atoms with E-state index in [4.69, 9.17) is 9.78 Å². The number of ketones is 1. The van der Waals surface area contributed by atoms with E-state index in [0.717, 1.165) is 24.8 Å². The van der Waals surface area contributed by atoms with Crippen LogP contribution in [0.1, 0.15) is 53.9 Å². The van der Waals surface area contributed by atoms with Gasteiger partial charge in [-0.15, -0.1) is 0 Å². The summed E-state index contributed by atoms with van der Waals surface area (Å²) < 4.78 is 0. The van der Waals surface area contributed by atoms with Crippen LogP contribution in [0.15, 0.2) is 36.0 Å². The number of carbonyl (C=O) groups excluding carboxylic acids is 1. The quantitative estimate of drug-likeness (QED) is 0.441. The van der Waals surface area contributed by atoms with Crippen LogP contribution in [-0.4, -0.2) is 17.0 Å². The summed E-state index contributed by atoms with van der Waals surface area (Å²) in [4.78, 5) is 24.1. The van der Waals surface area contributed by atoms with Gasteiger partial charge in [-0.2, -0.15) is 0 Å². The predicted octanol–water partition coefficient (Wildman–Crippen LogP) is 4.30. The highest BCUT2D eigenvalue weighted by atomic mass is 17.2. The van der Waals surface area contributed by atoms with E-state index >= 15 is 0 Å². The summed E-state index contributed by atoms with van der Waals surface area (Å²) in [5.74, 6) is -0.0496. The summed E-state index contributed by atoms with van der Waals surface area (Å²) in [6, 6.07) is 0. The summed E-state index contributed by atoms with van der Waals surface area (Å²) in [6.07, 6.45) is 12.6. The van der Waals surface area contributed by atoms with Crippen molar-refractivity contribution < 1.29 is 14.6 Å². The second-order valence-corrected chi connectivity index (χ2v) is 7.31. The Bertz CT molecular complexity index is 507. The summed E-state index contributed by atoms with van der Waals surface area (Å²) in [7, 11) is 0. The van der Waals surface area contributed by atoms with E-state index in [0.29, 0.717) is 0 Å². The van der Waals surface area contributed by atoms with Crippen molar-refractivity contribution in [2.24, 2.45) is 5.41 Å². The average molecular weight is 290 g/mol. The molecule has 0 aromatic carbocycles. The van der Waals surface area contributed by atoms with Crippen molar-refractivity contribution in [3.8, 4) is 0 Å². The molecule has 2 rings (SSSR count). The van der Waals surface area contributed by atoms with Gasteiger partial charge < -0.3 is 0 Å². The topological polar surface area (TPSA) is 35.5 Å². The molecule has 0 spiro atoms. The molecule has 2 atom stereocenters. The molecule has 0 aliphatic heterocycles. The minimum Gasteiger partial charge on any atom is -0.291 e. The molecule has 0 heterocycles. The highest BCUT2D eigenvalue weighted by Crippen LogP contribution is 2.47. The van der Waals surface area contributed by atoms with E-state index in [9.17, 15) is 4.79 Å². The molecule has 0 radical (unpaired) electrons. The van der Waals surface area contributed by atoms with Crippen molar-refractivity contribution in [3.05, 3.63) is 36.0 Å². The van der Waals surface area contributed by atoms with E-state index in [2.05, 4.69) is 19.1 Å². The lowest BCUT2D eigenvalue weighted by atomic mass is 9.64. The largest absolute Gasteiger partial charge is 0.291 e. The minimum absolute atomic E-state index is 0.0496. The maximum atomic E-state index is 12.7. The fourth-order valence-electron chi connectivity index (χ4n) is 2.89. The van der Waals surface area contributed by atoms with Crippen LogP contribution in [-0.2, 0) is 14.6 Å². The smallest absolute Gasteiger partial charge is 0.195 e. The third kappa shape index (κ3) is 3.19. The molecule has 0 aromatic heterocycles. The zero-order chi connectivity index (χ0) is 15.7. The second-order valence-electron chi connectivity index (χ2n) is 7.31. The normalized spacial score (nSPS) is 33.2. The zero-order valence-electron chi connectivity index (χ0n) is 13.7. The molecule has 2 aliphatic rings. The van der Waals surface area contributed by atoms with Crippen molar-refractivity contribution in [2.75, 3.05) is 0 Å². The molecular formula is C18H26O3. The first-order chi connectivity index (χ1) is 9.69. The summed E-state index contributed by atoms with van der Waals surface area (Å²) >= 11 is 0. The average Bonchev–Trinajstić information content (AvgIpc) is 2.40. The third-order valence-electron chi connectivity index (χ3n) is 4.12. The van der Waals surface area contributed by atoms with Crippen LogP contribution in [0, 0.1) is 5.41 Å². The molecule has 0 bridgehead atoms. The Morgan fingerprint density at radius 2 is 1.95 bits per heavy atom. The molecule has 0 amide bonds. The fraction of sp³-hybridized carbons (Fsp3) is 0.611. The Labute approximate surface area is 127 Å². The molecule has 2 unspecified atom stereocenters. The summed E-state index contributed by atoms with van der Waals surface area (Å²) in [5, 5.41) is 0. The van der Waals surface area contributed by atoms with Crippen LogP contribution in [0.3, 0.4) is 0 Å². The number of rotatable bonds is 3. The van der Waals surface area contributed by atoms with Gasteiger partial charge in [0.2, 0.25) is 0 Å².